The number of imide groups is 1. The number of fused-ring (bicyclic) bond motifs is 1. The molecule has 4 N–H and O–H groups in total. The van der Waals surface area contributed by atoms with Crippen molar-refractivity contribution < 1.29 is 55.0 Å². The van der Waals surface area contributed by atoms with Gasteiger partial charge in [0.1, 0.15) is 24.7 Å². The number of alkyl halides is 5. The van der Waals surface area contributed by atoms with Crippen molar-refractivity contribution in [2.75, 3.05) is 50.2 Å². The number of benzene rings is 2. The number of para-hydroxylation sites is 1. The zero-order valence-corrected chi connectivity index (χ0v) is 34.5. The summed E-state index contributed by atoms with van der Waals surface area (Å²) in [6, 6.07) is 13.3. The minimum Gasteiger partial charge on any atom is -0.444 e. The summed E-state index contributed by atoms with van der Waals surface area (Å²) >= 11 is 0. The maximum atomic E-state index is 14.0. The van der Waals surface area contributed by atoms with Gasteiger partial charge in [-0.1, -0.05) is 12.1 Å². The van der Waals surface area contributed by atoms with Crippen LogP contribution in [0.5, 0.6) is 0 Å². The lowest BCUT2D eigenvalue weighted by molar-refractivity contribution is -0.135. The molecular formula is C42H41F5N10O8. The first-order chi connectivity index (χ1) is 31.2. The van der Waals surface area contributed by atoms with Gasteiger partial charge in [0.05, 0.1) is 48.4 Å². The Hall–Kier alpha value is -7.27. The van der Waals surface area contributed by atoms with E-state index in [9.17, 15) is 45.9 Å². The molecule has 4 aromatic heterocycles. The molecule has 1 aliphatic heterocycles. The first kappa shape index (κ1) is 45.7. The molecule has 0 spiro atoms. The molecule has 23 heteroatoms. The van der Waals surface area contributed by atoms with Crippen LogP contribution in [0.3, 0.4) is 0 Å². The second-order valence-electron chi connectivity index (χ2n) is 14.7. The number of piperidine rings is 1. The van der Waals surface area contributed by atoms with Crippen LogP contribution in [-0.2, 0) is 32.5 Å². The normalized spacial score (nSPS) is 14.2. The van der Waals surface area contributed by atoms with Gasteiger partial charge < -0.3 is 29.8 Å². The van der Waals surface area contributed by atoms with Gasteiger partial charge in [-0.15, -0.1) is 0 Å². The maximum Gasteiger partial charge on any atom is 0.405 e. The van der Waals surface area contributed by atoms with E-state index in [2.05, 4.69) is 36.3 Å². The Morgan fingerprint density at radius 2 is 1.77 bits per heavy atom. The summed E-state index contributed by atoms with van der Waals surface area (Å²) in [5.74, 6) is -2.43. The number of pyridine rings is 1. The standard InChI is InChI=1S/C42H41F5N10O8/c1-55-35-24(4-2-6-30(35)57(41(55)62)31-11-12-33(58)53-39(31)61)5-3-16-63-18-19-64-17-15-49-37(59)25-7-9-27(10-8-25)56-21-28(34(54-56)36(43)44)51-38(60)29-22-65-40(52-29)26-13-14-48-32(20-26)50-23-42(45,46)47/h2,4,6-10,13-14,20-22,31,36H,3,5,11-12,15-19,23H2,1H3,(H,48,50)(H,49,59)(H,51,60)(H,53,58,61). The van der Waals surface area contributed by atoms with Gasteiger partial charge in [-0.25, -0.2) is 28.2 Å². The number of oxazole rings is 1. The summed E-state index contributed by atoms with van der Waals surface area (Å²) in [5.41, 5.74) is 1.33. The van der Waals surface area contributed by atoms with E-state index in [1.165, 1.54) is 51.7 Å². The predicted octanol–water partition coefficient (Wildman–Crippen LogP) is 5.11. The summed E-state index contributed by atoms with van der Waals surface area (Å²) in [6.07, 6.45) is -2.56. The molecule has 7 rings (SSSR count). The number of amides is 4. The van der Waals surface area contributed by atoms with E-state index in [0.717, 1.165) is 28.2 Å². The summed E-state index contributed by atoms with van der Waals surface area (Å²) in [5, 5.41) is 13.4. The number of nitrogens with one attached hydrogen (secondary N) is 4. The zero-order chi connectivity index (χ0) is 46.3. The fraction of sp³-hybridized carbons (Fsp3) is 0.333. The number of carbonyl (C=O) groups is 4. The Bertz CT molecular complexity index is 2750. The molecule has 342 valence electrons. The highest BCUT2D eigenvalue weighted by Crippen LogP contribution is 2.29. The third kappa shape index (κ3) is 11.1. The zero-order valence-electron chi connectivity index (χ0n) is 34.5. The van der Waals surface area contributed by atoms with Crippen molar-refractivity contribution in [3.05, 3.63) is 106 Å². The quantitative estimate of drug-likeness (QED) is 0.0474. The molecule has 0 radical (unpaired) electrons. The van der Waals surface area contributed by atoms with Crippen molar-refractivity contribution in [1.29, 1.82) is 0 Å². The van der Waals surface area contributed by atoms with Crippen LogP contribution < -0.4 is 27.0 Å². The smallest absolute Gasteiger partial charge is 0.405 e. The van der Waals surface area contributed by atoms with Crippen LogP contribution in [0.25, 0.3) is 28.2 Å². The molecule has 1 atom stereocenters. The molecule has 0 aliphatic carbocycles. The molecule has 5 heterocycles. The highest BCUT2D eigenvalue weighted by atomic mass is 19.4. The number of nitrogens with zero attached hydrogens (tertiary/aromatic N) is 6. The Labute approximate surface area is 365 Å². The van der Waals surface area contributed by atoms with E-state index in [0.29, 0.717) is 37.3 Å². The van der Waals surface area contributed by atoms with Gasteiger partial charge in [0.2, 0.25) is 17.7 Å². The van der Waals surface area contributed by atoms with Crippen molar-refractivity contribution in [1.82, 2.24) is 39.5 Å². The number of carbonyl (C=O) groups excluding carboxylic acids is 4. The summed E-state index contributed by atoms with van der Waals surface area (Å²) in [7, 11) is 1.66. The monoisotopic (exact) mass is 908 g/mol. The summed E-state index contributed by atoms with van der Waals surface area (Å²) < 4.78 is 86.4. The minimum absolute atomic E-state index is 0.118. The van der Waals surface area contributed by atoms with E-state index >= 15 is 0 Å². The Morgan fingerprint density at radius 3 is 2.51 bits per heavy atom. The third-order valence-corrected chi connectivity index (χ3v) is 10.2. The van der Waals surface area contributed by atoms with Crippen LogP contribution in [0.15, 0.2) is 82.5 Å². The molecular weight excluding hydrogens is 868 g/mol. The van der Waals surface area contributed by atoms with Gasteiger partial charge >= 0.3 is 11.9 Å². The second-order valence-corrected chi connectivity index (χ2v) is 14.7. The average molecular weight is 909 g/mol. The number of aryl methyl sites for hydroxylation is 2. The lowest BCUT2D eigenvalue weighted by atomic mass is 10.0. The topological polar surface area (TPSA) is 219 Å². The third-order valence-electron chi connectivity index (χ3n) is 10.2. The Balaban J connectivity index is 0.829. The molecule has 4 amide bonds. The first-order valence-corrected chi connectivity index (χ1v) is 20.1. The fourth-order valence-corrected chi connectivity index (χ4v) is 7.07. The lowest BCUT2D eigenvalue weighted by Gasteiger charge is -2.21. The fourth-order valence-electron chi connectivity index (χ4n) is 7.07. The van der Waals surface area contributed by atoms with Gasteiger partial charge in [-0.2, -0.15) is 18.3 Å². The number of hydrogen-bond acceptors (Lipinski definition) is 12. The number of ether oxygens (including phenoxy) is 2. The lowest BCUT2D eigenvalue weighted by Crippen LogP contribution is -2.44. The van der Waals surface area contributed by atoms with Crippen molar-refractivity contribution in [3.8, 4) is 17.1 Å². The number of aromatic nitrogens is 6. The molecule has 65 heavy (non-hydrogen) atoms. The Kier molecular flexibility index (Phi) is 14.1. The summed E-state index contributed by atoms with van der Waals surface area (Å²) in [6.45, 7) is 0.0707. The predicted molar refractivity (Wildman–Crippen MR) is 222 cm³/mol. The van der Waals surface area contributed by atoms with Crippen LogP contribution in [0.4, 0.5) is 33.5 Å². The number of imidazole rings is 1. The number of anilines is 2. The van der Waals surface area contributed by atoms with E-state index < -0.39 is 48.6 Å². The van der Waals surface area contributed by atoms with E-state index in [-0.39, 0.29) is 78.4 Å². The van der Waals surface area contributed by atoms with Gasteiger partial charge in [0.15, 0.2) is 11.4 Å². The first-order valence-electron chi connectivity index (χ1n) is 20.1. The number of halogens is 5. The molecule has 1 fully saturated rings. The van der Waals surface area contributed by atoms with Gasteiger partial charge in [0.25, 0.3) is 18.2 Å². The molecule has 1 unspecified atom stereocenters. The van der Waals surface area contributed by atoms with Crippen molar-refractivity contribution in [3.63, 3.8) is 0 Å². The largest absolute Gasteiger partial charge is 0.444 e. The maximum absolute atomic E-state index is 14.0. The van der Waals surface area contributed by atoms with Crippen LogP contribution in [0.2, 0.25) is 0 Å². The van der Waals surface area contributed by atoms with Gasteiger partial charge in [-0.05, 0) is 67.3 Å². The van der Waals surface area contributed by atoms with Crippen LogP contribution in [0.1, 0.15) is 63.8 Å². The molecule has 18 nitrogen and oxygen atoms in total. The van der Waals surface area contributed by atoms with Gasteiger partial charge in [-0.3, -0.25) is 33.6 Å². The van der Waals surface area contributed by atoms with E-state index in [1.807, 2.05) is 12.1 Å². The van der Waals surface area contributed by atoms with E-state index in [1.54, 1.807) is 13.1 Å². The van der Waals surface area contributed by atoms with Crippen molar-refractivity contribution >= 4 is 46.2 Å². The highest BCUT2D eigenvalue weighted by Gasteiger charge is 2.32. The molecule has 6 aromatic rings. The molecule has 0 bridgehead atoms. The van der Waals surface area contributed by atoms with Crippen LogP contribution in [-0.4, -0.2) is 98.2 Å². The van der Waals surface area contributed by atoms with E-state index in [4.69, 9.17) is 13.9 Å². The minimum atomic E-state index is -4.48. The molecule has 1 saturated heterocycles. The van der Waals surface area contributed by atoms with Crippen LogP contribution in [0, 0.1) is 0 Å². The SMILES string of the molecule is Cn1c(=O)n(C2CCC(=O)NC2=O)c2cccc(CCCOCCOCCNC(=O)c3ccc(-n4cc(NC(=O)c5coc(-c6ccnc(NCC(F)(F)F)c6)n5)c(C(F)F)n4)cc3)c21. The molecule has 2 aromatic carbocycles. The molecule has 1 aliphatic rings. The Morgan fingerprint density at radius 1 is 1.00 bits per heavy atom. The van der Waals surface area contributed by atoms with Crippen LogP contribution >= 0.6 is 0 Å². The number of rotatable bonds is 19. The highest BCUT2D eigenvalue weighted by molar-refractivity contribution is 6.03. The van der Waals surface area contributed by atoms with Crippen molar-refractivity contribution in [2.24, 2.45) is 7.05 Å². The van der Waals surface area contributed by atoms with Crippen molar-refractivity contribution in [2.45, 2.75) is 44.3 Å². The average Bonchev–Trinajstić information content (AvgIpc) is 4.01. The molecule has 0 saturated carbocycles. The van der Waals surface area contributed by atoms with Gasteiger partial charge in [0, 0.05) is 43.9 Å². The summed E-state index contributed by atoms with van der Waals surface area (Å²) in [4.78, 5) is 70.9. The number of hydrogen-bond donors (Lipinski definition) is 4. The second kappa shape index (κ2) is 20.1.